The van der Waals surface area contributed by atoms with Crippen LogP contribution in [0.4, 0.5) is 8.78 Å². The Kier molecular flexibility index (Phi) is 5.40. The van der Waals surface area contributed by atoms with Crippen molar-refractivity contribution >= 4 is 5.97 Å². The van der Waals surface area contributed by atoms with Gasteiger partial charge in [0.05, 0.1) is 11.1 Å². The van der Waals surface area contributed by atoms with E-state index in [9.17, 15) is 13.6 Å². The molecule has 0 bridgehead atoms. The van der Waals surface area contributed by atoms with Crippen LogP contribution in [0.1, 0.15) is 48.0 Å². The molecule has 0 saturated heterocycles. The standard InChI is InChI=1S/C19H21F2NO3/c1-11-9-22-12(2)6-17(11)24-10-14-15(20)7-13(8-16(14)21)18(23)25-19(3,4)5/h6-9H,10H2,1-5H3. The molecule has 0 atom stereocenters. The molecule has 0 spiro atoms. The van der Waals surface area contributed by atoms with E-state index in [0.717, 1.165) is 23.4 Å². The van der Waals surface area contributed by atoms with Gasteiger partial charge in [0.2, 0.25) is 0 Å². The number of pyridine rings is 1. The Morgan fingerprint density at radius 2 is 1.72 bits per heavy atom. The average molecular weight is 349 g/mol. The highest BCUT2D eigenvalue weighted by Gasteiger charge is 2.21. The summed E-state index contributed by atoms with van der Waals surface area (Å²) >= 11 is 0. The smallest absolute Gasteiger partial charge is 0.338 e. The van der Waals surface area contributed by atoms with Crippen molar-refractivity contribution in [3.8, 4) is 5.75 Å². The lowest BCUT2D eigenvalue weighted by molar-refractivity contribution is 0.00683. The van der Waals surface area contributed by atoms with Crippen molar-refractivity contribution in [2.75, 3.05) is 0 Å². The number of carbonyl (C=O) groups excluding carboxylic acids is 1. The first-order valence-corrected chi connectivity index (χ1v) is 7.84. The summed E-state index contributed by atoms with van der Waals surface area (Å²) in [4.78, 5) is 16.1. The number of carbonyl (C=O) groups is 1. The molecule has 0 aliphatic heterocycles. The highest BCUT2D eigenvalue weighted by molar-refractivity contribution is 5.89. The minimum Gasteiger partial charge on any atom is -0.488 e. The maximum Gasteiger partial charge on any atom is 0.338 e. The van der Waals surface area contributed by atoms with E-state index < -0.39 is 23.2 Å². The van der Waals surface area contributed by atoms with Crippen molar-refractivity contribution in [1.29, 1.82) is 0 Å². The topological polar surface area (TPSA) is 48.4 Å². The van der Waals surface area contributed by atoms with Gasteiger partial charge in [0.15, 0.2) is 0 Å². The van der Waals surface area contributed by atoms with Crippen LogP contribution in [-0.2, 0) is 11.3 Å². The Morgan fingerprint density at radius 1 is 1.12 bits per heavy atom. The van der Waals surface area contributed by atoms with Crippen molar-refractivity contribution in [2.24, 2.45) is 0 Å². The third kappa shape index (κ3) is 4.98. The van der Waals surface area contributed by atoms with E-state index in [2.05, 4.69) is 4.98 Å². The lowest BCUT2D eigenvalue weighted by atomic mass is 10.1. The zero-order valence-corrected chi connectivity index (χ0v) is 14.9. The van der Waals surface area contributed by atoms with Crippen LogP contribution in [-0.4, -0.2) is 16.6 Å². The molecule has 0 amide bonds. The predicted octanol–water partition coefficient (Wildman–Crippen LogP) is 4.51. The first-order valence-electron chi connectivity index (χ1n) is 7.84. The number of aromatic nitrogens is 1. The normalized spacial score (nSPS) is 11.3. The predicted molar refractivity (Wildman–Crippen MR) is 89.6 cm³/mol. The van der Waals surface area contributed by atoms with E-state index >= 15 is 0 Å². The van der Waals surface area contributed by atoms with Crippen molar-refractivity contribution in [3.63, 3.8) is 0 Å². The van der Waals surface area contributed by atoms with Gasteiger partial charge in [0.1, 0.15) is 29.6 Å². The zero-order valence-electron chi connectivity index (χ0n) is 14.9. The average Bonchev–Trinajstić information content (AvgIpc) is 2.47. The van der Waals surface area contributed by atoms with E-state index in [-0.39, 0.29) is 17.7 Å². The number of rotatable bonds is 4. The minimum atomic E-state index is -0.857. The molecule has 0 fully saturated rings. The largest absolute Gasteiger partial charge is 0.488 e. The molecule has 0 N–H and O–H groups in total. The summed E-state index contributed by atoms with van der Waals surface area (Å²) in [7, 11) is 0. The van der Waals surface area contributed by atoms with Crippen LogP contribution in [0, 0.1) is 25.5 Å². The van der Waals surface area contributed by atoms with E-state index in [0.29, 0.717) is 5.75 Å². The molecule has 2 rings (SSSR count). The molecule has 134 valence electrons. The van der Waals surface area contributed by atoms with Crippen molar-refractivity contribution in [3.05, 3.63) is 58.4 Å². The molecule has 1 heterocycles. The third-order valence-electron chi connectivity index (χ3n) is 3.34. The molecule has 1 aromatic heterocycles. The lowest BCUT2D eigenvalue weighted by Crippen LogP contribution is -2.24. The molecule has 0 unspecified atom stereocenters. The maximum absolute atomic E-state index is 14.2. The fourth-order valence-corrected chi connectivity index (χ4v) is 2.10. The van der Waals surface area contributed by atoms with Gasteiger partial charge in [-0.3, -0.25) is 4.98 Å². The van der Waals surface area contributed by atoms with Crippen LogP contribution in [0.5, 0.6) is 5.75 Å². The Balaban J connectivity index is 2.20. The van der Waals surface area contributed by atoms with Gasteiger partial charge in [-0.1, -0.05) is 0 Å². The van der Waals surface area contributed by atoms with Crippen molar-refractivity contribution < 1.29 is 23.0 Å². The summed E-state index contributed by atoms with van der Waals surface area (Å²) in [6, 6.07) is 3.61. The van der Waals surface area contributed by atoms with Crippen LogP contribution >= 0.6 is 0 Å². The van der Waals surface area contributed by atoms with Gasteiger partial charge in [-0.15, -0.1) is 0 Å². The van der Waals surface area contributed by atoms with Gasteiger partial charge < -0.3 is 9.47 Å². The molecule has 25 heavy (non-hydrogen) atoms. The number of halogens is 2. The van der Waals surface area contributed by atoms with Gasteiger partial charge in [0.25, 0.3) is 0 Å². The first-order chi connectivity index (χ1) is 11.6. The molecule has 6 heteroatoms. The molecule has 2 aromatic rings. The molecule has 0 radical (unpaired) electrons. The molecule has 0 aliphatic rings. The van der Waals surface area contributed by atoms with E-state index in [4.69, 9.17) is 9.47 Å². The zero-order chi connectivity index (χ0) is 18.8. The lowest BCUT2D eigenvalue weighted by Gasteiger charge is -2.19. The number of hydrogen-bond donors (Lipinski definition) is 0. The fraction of sp³-hybridized carbons (Fsp3) is 0.368. The number of hydrogen-bond acceptors (Lipinski definition) is 4. The van der Waals surface area contributed by atoms with Crippen LogP contribution < -0.4 is 4.74 Å². The molecule has 0 saturated carbocycles. The second-order valence-corrected chi connectivity index (χ2v) is 6.80. The number of esters is 1. The van der Waals surface area contributed by atoms with Crippen molar-refractivity contribution in [1.82, 2.24) is 4.98 Å². The third-order valence-corrected chi connectivity index (χ3v) is 3.34. The second-order valence-electron chi connectivity index (χ2n) is 6.80. The summed E-state index contributed by atoms with van der Waals surface area (Å²) in [5.74, 6) is -1.99. The SMILES string of the molecule is Cc1cc(OCc2c(F)cc(C(=O)OC(C)(C)C)cc2F)c(C)cn1. The first kappa shape index (κ1) is 18.8. The summed E-state index contributed by atoms with van der Waals surface area (Å²) in [5, 5.41) is 0. The maximum atomic E-state index is 14.2. The number of benzene rings is 1. The monoisotopic (exact) mass is 349 g/mol. The Hall–Kier alpha value is -2.50. The van der Waals surface area contributed by atoms with Gasteiger partial charge in [-0.05, 0) is 46.8 Å². The quantitative estimate of drug-likeness (QED) is 0.762. The van der Waals surface area contributed by atoms with Crippen LogP contribution in [0.2, 0.25) is 0 Å². The number of aryl methyl sites for hydroxylation is 2. The van der Waals surface area contributed by atoms with Gasteiger partial charge in [0, 0.05) is 23.5 Å². The molecular formula is C19H21F2NO3. The van der Waals surface area contributed by atoms with E-state index in [1.807, 2.05) is 0 Å². The number of nitrogens with zero attached hydrogens (tertiary/aromatic N) is 1. The van der Waals surface area contributed by atoms with E-state index in [1.54, 1.807) is 46.9 Å². The number of ether oxygens (including phenoxy) is 2. The molecule has 0 aliphatic carbocycles. The van der Waals surface area contributed by atoms with Crippen LogP contribution in [0.3, 0.4) is 0 Å². The van der Waals surface area contributed by atoms with E-state index in [1.165, 1.54) is 0 Å². The van der Waals surface area contributed by atoms with Crippen LogP contribution in [0.25, 0.3) is 0 Å². The van der Waals surface area contributed by atoms with Gasteiger partial charge in [-0.2, -0.15) is 0 Å². The van der Waals surface area contributed by atoms with Gasteiger partial charge in [-0.25, -0.2) is 13.6 Å². The van der Waals surface area contributed by atoms with Gasteiger partial charge >= 0.3 is 5.97 Å². The summed E-state index contributed by atoms with van der Waals surface area (Å²) in [5.41, 5.74) is 0.326. The summed E-state index contributed by atoms with van der Waals surface area (Å²) in [6.07, 6.45) is 1.63. The molecule has 4 nitrogen and oxygen atoms in total. The highest BCUT2D eigenvalue weighted by atomic mass is 19.1. The fourth-order valence-electron chi connectivity index (χ4n) is 2.10. The Morgan fingerprint density at radius 3 is 2.28 bits per heavy atom. The molecule has 1 aromatic carbocycles. The second kappa shape index (κ2) is 7.17. The van der Waals surface area contributed by atoms with Crippen molar-refractivity contribution in [2.45, 2.75) is 46.8 Å². The van der Waals surface area contributed by atoms with Crippen LogP contribution in [0.15, 0.2) is 24.4 Å². The summed E-state index contributed by atoms with van der Waals surface area (Å²) in [6.45, 7) is 8.33. The molecular weight excluding hydrogens is 328 g/mol. The highest BCUT2D eigenvalue weighted by Crippen LogP contribution is 2.22. The Bertz CT molecular complexity index is 775. The Labute approximate surface area is 145 Å². The minimum absolute atomic E-state index is 0.176. The summed E-state index contributed by atoms with van der Waals surface area (Å²) < 4.78 is 39.1.